The average Bonchev–Trinajstić information content (AvgIpc) is 3.06. The Morgan fingerprint density at radius 2 is 0.894 bits per heavy atom. The quantitative estimate of drug-likeness (QED) is 0.141. The molecule has 0 heterocycles. The Labute approximate surface area is 320 Å². The molecule has 254 valence electrons. The summed E-state index contributed by atoms with van der Waals surface area (Å²) >= 11 is 48.9. The minimum Gasteiger partial charge on any atom is -0.507 e. The minimum atomic E-state index is -0.158. The molecule has 4 aromatic carbocycles. The van der Waals surface area contributed by atoms with Gasteiger partial charge in [0.1, 0.15) is 23.0 Å². The lowest BCUT2D eigenvalue weighted by Crippen LogP contribution is -1.91. The Morgan fingerprint density at radius 3 is 1.30 bits per heavy atom. The number of halogens is 9. The van der Waals surface area contributed by atoms with Gasteiger partial charge in [0, 0.05) is 40.7 Å². The van der Waals surface area contributed by atoms with Crippen LogP contribution in [0, 0.1) is 0 Å². The van der Waals surface area contributed by atoms with Crippen LogP contribution in [0.15, 0.2) is 48.5 Å². The van der Waals surface area contributed by atoms with Crippen LogP contribution in [-0.2, 0) is 11.9 Å². The highest BCUT2D eigenvalue weighted by Crippen LogP contribution is 2.33. The lowest BCUT2D eigenvalue weighted by atomic mass is 10.2. The number of ether oxygens (including phenoxy) is 3. The molecule has 0 aliphatic carbocycles. The molecule has 4 rings (SSSR count). The van der Waals surface area contributed by atoms with Crippen LogP contribution < -0.4 is 14.2 Å². The molecular weight excluding hydrogens is 848 g/mol. The maximum absolute atomic E-state index is 10.5. The molecule has 16 heteroatoms. The third kappa shape index (κ3) is 13.5. The summed E-state index contributed by atoms with van der Waals surface area (Å²) in [5.41, 5.74) is 2.16. The van der Waals surface area contributed by atoms with Gasteiger partial charge in [-0.2, -0.15) is 0 Å². The van der Waals surface area contributed by atoms with Gasteiger partial charge in [0.25, 0.3) is 0 Å². The average molecular weight is 873 g/mol. The zero-order valence-corrected chi connectivity index (χ0v) is 32.2. The molecule has 0 aromatic heterocycles. The lowest BCUT2D eigenvalue weighted by Gasteiger charge is -2.07. The summed E-state index contributed by atoms with van der Waals surface area (Å²) in [5, 5.41) is 21.7. The smallest absolute Gasteiger partial charge is 0.153 e. The van der Waals surface area contributed by atoms with Crippen molar-refractivity contribution in [2.24, 2.45) is 0 Å². The van der Waals surface area contributed by atoms with E-state index in [4.69, 9.17) is 117 Å². The first-order chi connectivity index (χ1) is 22.2. The highest BCUT2D eigenvalue weighted by Gasteiger charge is 2.08. The molecule has 0 saturated heterocycles. The monoisotopic (exact) mass is 868 g/mol. The minimum absolute atomic E-state index is 0.111. The Bertz CT molecular complexity index is 1550. The number of benzene rings is 4. The fourth-order valence-electron chi connectivity index (χ4n) is 3.21. The number of carbonyl (C=O) groups is 2. The number of alkyl halides is 1. The number of phenolic OH excluding ortho intramolecular Hbond substituents is 1. The number of phenols is 1. The van der Waals surface area contributed by atoms with Crippen molar-refractivity contribution >= 4 is 121 Å². The summed E-state index contributed by atoms with van der Waals surface area (Å²) in [4.78, 5) is 20.7. The Morgan fingerprint density at radius 1 is 0.553 bits per heavy atom. The second kappa shape index (κ2) is 22.0. The van der Waals surface area contributed by atoms with E-state index < -0.39 is 0 Å². The van der Waals surface area contributed by atoms with Crippen molar-refractivity contribution in [1.82, 2.24) is 0 Å². The normalized spacial score (nSPS) is 9.81. The summed E-state index contributed by atoms with van der Waals surface area (Å²) in [6.07, 6.45) is 1.18. The molecule has 0 spiro atoms. The van der Waals surface area contributed by atoms with Gasteiger partial charge in [-0.05, 0) is 24.3 Å². The summed E-state index contributed by atoms with van der Waals surface area (Å²) in [7, 11) is 4.58. The van der Waals surface area contributed by atoms with E-state index in [2.05, 4.69) is 15.9 Å². The zero-order valence-electron chi connectivity index (χ0n) is 24.5. The van der Waals surface area contributed by atoms with E-state index in [1.54, 1.807) is 31.4 Å². The molecule has 7 nitrogen and oxygen atoms in total. The van der Waals surface area contributed by atoms with Gasteiger partial charge in [-0.15, -0.1) is 0 Å². The predicted octanol–water partition coefficient (Wildman–Crippen LogP) is 11.7. The number of aldehydes is 2. The van der Waals surface area contributed by atoms with Crippen LogP contribution in [0.3, 0.4) is 0 Å². The summed E-state index contributed by atoms with van der Waals surface area (Å²) in [6, 6.07) is 12.2. The van der Waals surface area contributed by atoms with E-state index in [0.29, 0.717) is 70.7 Å². The summed E-state index contributed by atoms with van der Waals surface area (Å²) in [5.74, 6) is 1.57. The molecule has 0 bridgehead atoms. The zero-order chi connectivity index (χ0) is 35.8. The van der Waals surface area contributed by atoms with Gasteiger partial charge in [0.2, 0.25) is 0 Å². The maximum Gasteiger partial charge on any atom is 0.153 e. The topological polar surface area (TPSA) is 102 Å². The van der Waals surface area contributed by atoms with Crippen LogP contribution in [0.2, 0.25) is 40.2 Å². The largest absolute Gasteiger partial charge is 0.507 e. The Kier molecular flexibility index (Phi) is 20.2. The highest BCUT2D eigenvalue weighted by molar-refractivity contribution is 9.08. The van der Waals surface area contributed by atoms with Crippen molar-refractivity contribution in [3.8, 4) is 23.0 Å². The van der Waals surface area contributed by atoms with Crippen LogP contribution >= 0.6 is 109 Å². The highest BCUT2D eigenvalue weighted by atomic mass is 79.9. The third-order valence-corrected chi connectivity index (χ3v) is 9.05. The molecule has 0 radical (unpaired) electrons. The first-order valence-electron chi connectivity index (χ1n) is 12.5. The van der Waals surface area contributed by atoms with Crippen molar-refractivity contribution in [2.75, 3.05) is 21.3 Å². The van der Waals surface area contributed by atoms with Crippen LogP contribution in [0.4, 0.5) is 0 Å². The van der Waals surface area contributed by atoms with Crippen molar-refractivity contribution in [3.05, 3.63) is 111 Å². The number of rotatable bonds is 7. The van der Waals surface area contributed by atoms with Gasteiger partial charge in [-0.1, -0.05) is 109 Å². The van der Waals surface area contributed by atoms with Crippen molar-refractivity contribution in [2.45, 2.75) is 11.9 Å². The summed E-state index contributed by atoms with van der Waals surface area (Å²) < 4.78 is 15.0. The first-order valence-corrected chi connectivity index (χ1v) is 16.7. The van der Waals surface area contributed by atoms with Crippen LogP contribution in [0.25, 0.3) is 0 Å². The van der Waals surface area contributed by atoms with E-state index in [-0.39, 0.29) is 28.0 Å². The molecule has 0 unspecified atom stereocenters. The lowest BCUT2D eigenvalue weighted by molar-refractivity contribution is 0.111. The molecule has 0 amide bonds. The SMILES string of the molecule is COc1cc(Cl)c(Cl)cc1C=O.COc1cc(Cl)c(Cl)cc1CBr.COc1cc(Cl)c(Cl)cc1CO.O=Cc1cc(Cl)c(Cl)cc1O. The third-order valence-electron chi connectivity index (χ3n) is 5.56. The van der Waals surface area contributed by atoms with E-state index in [9.17, 15) is 9.59 Å². The van der Waals surface area contributed by atoms with Crippen molar-refractivity contribution in [3.63, 3.8) is 0 Å². The van der Waals surface area contributed by atoms with E-state index >= 15 is 0 Å². The van der Waals surface area contributed by atoms with Gasteiger partial charge < -0.3 is 24.4 Å². The van der Waals surface area contributed by atoms with Crippen LogP contribution in [0.5, 0.6) is 23.0 Å². The molecule has 0 aliphatic rings. The molecule has 2 N–H and O–H groups in total. The fourth-order valence-corrected chi connectivity index (χ4v) is 4.98. The number of aliphatic hydroxyl groups excluding tert-OH is 1. The molecule has 4 aromatic rings. The van der Waals surface area contributed by atoms with Gasteiger partial charge >= 0.3 is 0 Å². The molecule has 0 fully saturated rings. The van der Waals surface area contributed by atoms with Crippen LogP contribution in [-0.4, -0.2) is 44.1 Å². The number of aromatic hydroxyl groups is 1. The molecule has 0 atom stereocenters. The van der Waals surface area contributed by atoms with Crippen molar-refractivity contribution < 1.29 is 34.0 Å². The fraction of sp³-hybridized carbons (Fsp3) is 0.161. The number of carbonyl (C=O) groups excluding carboxylic acids is 2. The first kappa shape index (κ1) is 43.2. The number of aliphatic hydroxyl groups is 1. The number of hydrogen-bond acceptors (Lipinski definition) is 7. The molecular formula is C31H25BrCl8O7. The second-order valence-corrected chi connectivity index (χ2v) is 12.3. The number of methoxy groups -OCH3 is 3. The molecule has 47 heavy (non-hydrogen) atoms. The van der Waals surface area contributed by atoms with Gasteiger partial charge in [-0.3, -0.25) is 9.59 Å². The Balaban J connectivity index is 0.000000314. The van der Waals surface area contributed by atoms with Gasteiger partial charge in [-0.25, -0.2) is 0 Å². The number of hydrogen-bond donors (Lipinski definition) is 2. The maximum atomic E-state index is 10.5. The van der Waals surface area contributed by atoms with Gasteiger partial charge in [0.05, 0.1) is 79.2 Å². The Hall–Kier alpha value is -1.82. The van der Waals surface area contributed by atoms with Gasteiger partial charge in [0.15, 0.2) is 12.6 Å². The molecule has 0 saturated carbocycles. The van der Waals surface area contributed by atoms with Crippen LogP contribution in [0.1, 0.15) is 31.8 Å². The second-order valence-electron chi connectivity index (χ2n) is 8.52. The standard InChI is InChI=1S/C8H7BrCl2O.C8H8Cl2O2.C8H6Cl2O2.C7H4Cl2O2/c1-12-8-3-7(11)6(10)2-5(8)4-9;2*1-12-8-3-7(10)6(9)2-5(8)4-11;8-5-1-4(3-10)7(11)2-6(5)9/h2-3H,4H2,1H3;2-3,11H,4H2,1H3;2-4H,1H3;1-3,11H. The van der Waals surface area contributed by atoms with E-state index in [1.807, 2.05) is 0 Å². The predicted molar refractivity (Wildman–Crippen MR) is 196 cm³/mol. The molecule has 0 aliphatic heterocycles. The van der Waals surface area contributed by atoms with E-state index in [0.717, 1.165) is 11.3 Å². The summed E-state index contributed by atoms with van der Waals surface area (Å²) in [6.45, 7) is -0.111. The van der Waals surface area contributed by atoms with E-state index in [1.165, 1.54) is 38.5 Å². The van der Waals surface area contributed by atoms with Crippen molar-refractivity contribution in [1.29, 1.82) is 0 Å².